The summed E-state index contributed by atoms with van der Waals surface area (Å²) >= 11 is 0. The first-order valence-corrected chi connectivity index (χ1v) is 14.4. The minimum absolute atomic E-state index is 0.0250. The van der Waals surface area contributed by atoms with Crippen LogP contribution in [0.3, 0.4) is 0 Å². The molecule has 0 spiro atoms. The number of allylic oxidation sites excluding steroid dienone is 2. The maximum atomic E-state index is 12.3. The average molecular weight is 547 g/mol. The van der Waals surface area contributed by atoms with Gasteiger partial charge in [-0.05, 0) is 61.5 Å². The molecule has 4 atom stereocenters. The van der Waals surface area contributed by atoms with Gasteiger partial charge in [0.05, 0.1) is 12.2 Å². The molecule has 0 radical (unpaired) electrons. The molecule has 1 aliphatic rings. The Labute approximate surface area is 232 Å². The van der Waals surface area contributed by atoms with E-state index >= 15 is 0 Å². The lowest BCUT2D eigenvalue weighted by atomic mass is 9.86. The third-order valence-corrected chi connectivity index (χ3v) is 7.45. The van der Waals surface area contributed by atoms with Crippen molar-refractivity contribution in [3.8, 4) is 0 Å². The fourth-order valence-electron chi connectivity index (χ4n) is 5.13. The number of carbonyl (C=O) groups is 3. The van der Waals surface area contributed by atoms with Crippen molar-refractivity contribution in [1.29, 1.82) is 0 Å². The van der Waals surface area contributed by atoms with Crippen LogP contribution in [0.25, 0.3) is 0 Å². The molecule has 0 bridgehead atoms. The highest BCUT2D eigenvalue weighted by Gasteiger charge is 2.40. The summed E-state index contributed by atoms with van der Waals surface area (Å²) in [7, 11) is 0. The second-order valence-corrected chi connectivity index (χ2v) is 10.6. The summed E-state index contributed by atoms with van der Waals surface area (Å²) in [6.07, 6.45) is 11.5. The monoisotopic (exact) mass is 546 g/mol. The fraction of sp³-hybridized carbons (Fsp3) is 0.645. The van der Waals surface area contributed by atoms with Gasteiger partial charge in [0.1, 0.15) is 19.0 Å². The van der Waals surface area contributed by atoms with E-state index in [4.69, 9.17) is 9.84 Å². The van der Waals surface area contributed by atoms with Crippen molar-refractivity contribution in [2.24, 2.45) is 11.8 Å². The molecule has 1 fully saturated rings. The summed E-state index contributed by atoms with van der Waals surface area (Å²) in [5, 5.41) is 29.4. The number of rotatable bonds is 19. The molecule has 218 valence electrons. The first-order valence-electron chi connectivity index (χ1n) is 14.4. The molecule has 1 aromatic carbocycles. The topological polar surface area (TPSA) is 130 Å². The summed E-state index contributed by atoms with van der Waals surface area (Å²) < 4.78 is 9.82. The van der Waals surface area contributed by atoms with Crippen LogP contribution in [0.1, 0.15) is 102 Å². The van der Waals surface area contributed by atoms with Crippen molar-refractivity contribution in [3.05, 3.63) is 47.5 Å². The molecule has 1 saturated carbocycles. The number of ketones is 1. The number of aliphatic hydroxyl groups is 2. The molecule has 2 rings (SSSR count). The van der Waals surface area contributed by atoms with Gasteiger partial charge in [0.2, 0.25) is 0 Å². The minimum Gasteiger partial charge on any atom is -0.461 e. The van der Waals surface area contributed by atoms with Crippen molar-refractivity contribution < 1.29 is 39.2 Å². The Kier molecular flexibility index (Phi) is 15.5. The third-order valence-electron chi connectivity index (χ3n) is 7.45. The zero-order chi connectivity index (χ0) is 28.5. The standard InChI is InChI=1S/C31H46O8/c1-2-3-4-5-8-11-25(32)18-19-27-26(28(33)20-29(27)34)12-9-6-7-10-13-30(35)38-21-23-14-16-24(17-15-23)22-39-31(36)37/h6,9,14-17,26-29,33-34H,2-5,7-8,10-13,18-22H2,1H3,(H,36,37)/t26-,27-,28+,29-/m1/s1. The van der Waals surface area contributed by atoms with Crippen LogP contribution in [0.5, 0.6) is 0 Å². The van der Waals surface area contributed by atoms with Gasteiger partial charge >= 0.3 is 12.1 Å². The predicted molar refractivity (Wildman–Crippen MR) is 148 cm³/mol. The van der Waals surface area contributed by atoms with E-state index in [1.165, 1.54) is 19.3 Å². The van der Waals surface area contributed by atoms with Crippen LogP contribution < -0.4 is 0 Å². The van der Waals surface area contributed by atoms with Gasteiger partial charge in [-0.1, -0.05) is 69.0 Å². The van der Waals surface area contributed by atoms with Gasteiger partial charge in [0, 0.05) is 19.3 Å². The molecule has 0 unspecified atom stereocenters. The number of hydrogen-bond acceptors (Lipinski definition) is 7. The first kappa shape index (κ1) is 32.5. The van der Waals surface area contributed by atoms with Crippen LogP contribution in [-0.2, 0) is 32.3 Å². The Balaban J connectivity index is 1.62. The Morgan fingerprint density at radius 3 is 2.13 bits per heavy atom. The van der Waals surface area contributed by atoms with E-state index in [2.05, 4.69) is 11.7 Å². The zero-order valence-corrected chi connectivity index (χ0v) is 23.3. The molecule has 8 nitrogen and oxygen atoms in total. The van der Waals surface area contributed by atoms with Gasteiger partial charge in [0.15, 0.2) is 0 Å². The maximum absolute atomic E-state index is 12.3. The van der Waals surface area contributed by atoms with Crippen LogP contribution in [-0.4, -0.2) is 45.4 Å². The number of hydrogen-bond donors (Lipinski definition) is 3. The van der Waals surface area contributed by atoms with Crippen molar-refractivity contribution in [2.45, 2.75) is 116 Å². The second-order valence-electron chi connectivity index (χ2n) is 10.6. The van der Waals surface area contributed by atoms with Gasteiger partial charge in [-0.15, -0.1) is 0 Å². The first-order chi connectivity index (χ1) is 18.8. The predicted octanol–water partition coefficient (Wildman–Crippen LogP) is 6.11. The van der Waals surface area contributed by atoms with Crippen molar-refractivity contribution >= 4 is 17.9 Å². The normalized spacial score (nSPS) is 20.8. The van der Waals surface area contributed by atoms with Gasteiger partial charge in [-0.3, -0.25) is 9.59 Å². The third kappa shape index (κ3) is 13.3. The van der Waals surface area contributed by atoms with E-state index in [1.807, 2.05) is 12.2 Å². The molecular weight excluding hydrogens is 500 g/mol. The van der Waals surface area contributed by atoms with Crippen LogP contribution in [0, 0.1) is 11.8 Å². The molecule has 1 aliphatic carbocycles. The number of ether oxygens (including phenoxy) is 2. The summed E-state index contributed by atoms with van der Waals surface area (Å²) in [4.78, 5) is 34.8. The van der Waals surface area contributed by atoms with Crippen molar-refractivity contribution in [1.82, 2.24) is 0 Å². The highest BCUT2D eigenvalue weighted by Crippen LogP contribution is 2.38. The Hall–Kier alpha value is -2.71. The van der Waals surface area contributed by atoms with Gasteiger partial charge < -0.3 is 24.8 Å². The largest absolute Gasteiger partial charge is 0.506 e. The second kappa shape index (κ2) is 18.6. The number of Topliss-reactive ketones (excluding diaryl/α,β-unsaturated/α-hetero) is 1. The van der Waals surface area contributed by atoms with Crippen LogP contribution in [0.4, 0.5) is 4.79 Å². The number of benzene rings is 1. The van der Waals surface area contributed by atoms with E-state index in [1.54, 1.807) is 24.3 Å². The molecule has 3 N–H and O–H groups in total. The quantitative estimate of drug-likeness (QED) is 0.108. The van der Waals surface area contributed by atoms with Crippen molar-refractivity contribution in [3.63, 3.8) is 0 Å². The van der Waals surface area contributed by atoms with E-state index in [9.17, 15) is 24.6 Å². The molecule has 0 heterocycles. The van der Waals surface area contributed by atoms with Gasteiger partial charge in [-0.2, -0.15) is 0 Å². The summed E-state index contributed by atoms with van der Waals surface area (Å²) in [5.74, 6) is -0.155. The van der Waals surface area contributed by atoms with Crippen LogP contribution in [0.2, 0.25) is 0 Å². The molecule has 0 saturated heterocycles. The highest BCUT2D eigenvalue weighted by molar-refractivity contribution is 5.78. The Morgan fingerprint density at radius 2 is 1.46 bits per heavy atom. The number of carboxylic acid groups (broad SMARTS) is 1. The summed E-state index contributed by atoms with van der Waals surface area (Å²) in [5.41, 5.74) is 1.52. The highest BCUT2D eigenvalue weighted by atomic mass is 16.7. The van der Waals surface area contributed by atoms with E-state index < -0.39 is 18.4 Å². The maximum Gasteiger partial charge on any atom is 0.506 e. The molecule has 0 aromatic heterocycles. The Morgan fingerprint density at radius 1 is 0.821 bits per heavy atom. The zero-order valence-electron chi connectivity index (χ0n) is 23.3. The van der Waals surface area contributed by atoms with Crippen LogP contribution >= 0.6 is 0 Å². The average Bonchev–Trinajstić information content (AvgIpc) is 3.18. The van der Waals surface area contributed by atoms with E-state index in [0.29, 0.717) is 56.9 Å². The molecule has 1 aromatic rings. The smallest absolute Gasteiger partial charge is 0.461 e. The SMILES string of the molecule is CCCCCCCC(=O)CC[C@@H]1[C@@H](CC=CCCCC(=O)OCc2ccc(COC(=O)O)cc2)[C@@H](O)C[C@H]1O. The molecule has 39 heavy (non-hydrogen) atoms. The van der Waals surface area contributed by atoms with Gasteiger partial charge in [-0.25, -0.2) is 4.79 Å². The molecular formula is C31H46O8. The lowest BCUT2D eigenvalue weighted by Crippen LogP contribution is -2.22. The Bertz CT molecular complexity index is 894. The molecule has 8 heteroatoms. The number of unbranched alkanes of at least 4 members (excludes halogenated alkanes) is 5. The fourth-order valence-corrected chi connectivity index (χ4v) is 5.13. The minimum atomic E-state index is -1.33. The number of carbonyl (C=O) groups excluding carboxylic acids is 2. The van der Waals surface area contributed by atoms with E-state index in [-0.39, 0.29) is 36.8 Å². The molecule has 0 aliphatic heterocycles. The lowest BCUT2D eigenvalue weighted by Gasteiger charge is -2.22. The number of esters is 1. The van der Waals surface area contributed by atoms with Gasteiger partial charge in [0.25, 0.3) is 0 Å². The lowest BCUT2D eigenvalue weighted by molar-refractivity contribution is -0.145. The molecule has 0 amide bonds. The summed E-state index contributed by atoms with van der Waals surface area (Å²) in [6, 6.07) is 7.00. The van der Waals surface area contributed by atoms with Crippen molar-refractivity contribution in [2.75, 3.05) is 0 Å². The van der Waals surface area contributed by atoms with E-state index in [0.717, 1.165) is 18.4 Å². The van der Waals surface area contributed by atoms with Crippen LogP contribution in [0.15, 0.2) is 36.4 Å². The number of aliphatic hydroxyl groups excluding tert-OH is 2. The summed E-state index contributed by atoms with van der Waals surface area (Å²) in [6.45, 7) is 2.30.